The molecule has 7 nitrogen and oxygen atoms in total. The van der Waals surface area contributed by atoms with Crippen molar-refractivity contribution in [2.75, 3.05) is 24.2 Å². The lowest BCUT2D eigenvalue weighted by Gasteiger charge is -2.25. The van der Waals surface area contributed by atoms with E-state index in [4.69, 9.17) is 0 Å². The summed E-state index contributed by atoms with van der Waals surface area (Å²) in [6, 6.07) is 7.01. The fourth-order valence-corrected chi connectivity index (χ4v) is 3.49. The van der Waals surface area contributed by atoms with E-state index in [2.05, 4.69) is 20.0 Å². The van der Waals surface area contributed by atoms with E-state index in [1.807, 2.05) is 0 Å². The number of fused-ring (bicyclic) bond motifs is 1. The number of nitrogens with one attached hydrogen (secondary N) is 3. The lowest BCUT2D eigenvalue weighted by atomic mass is 9.86. The molecule has 0 atom stereocenters. The Morgan fingerprint density at radius 1 is 1.26 bits per heavy atom. The summed E-state index contributed by atoms with van der Waals surface area (Å²) in [5.41, 5.74) is 0.328. The quantitative estimate of drug-likeness (QED) is 0.701. The Morgan fingerprint density at radius 3 is 2.78 bits per heavy atom. The SMILES string of the molecule is O=c1[nH]c(NCCS(=O)(=O)NCC2CCC2)nc2ccccc12. The highest BCUT2D eigenvalue weighted by atomic mass is 32.2. The van der Waals surface area contributed by atoms with Crippen LogP contribution in [0.5, 0.6) is 0 Å². The van der Waals surface area contributed by atoms with Gasteiger partial charge in [-0.3, -0.25) is 9.78 Å². The van der Waals surface area contributed by atoms with E-state index < -0.39 is 10.0 Å². The van der Waals surface area contributed by atoms with Gasteiger partial charge < -0.3 is 5.32 Å². The molecule has 1 fully saturated rings. The van der Waals surface area contributed by atoms with Crippen molar-refractivity contribution in [2.24, 2.45) is 5.92 Å². The van der Waals surface area contributed by atoms with Crippen LogP contribution in [0, 0.1) is 5.92 Å². The summed E-state index contributed by atoms with van der Waals surface area (Å²) in [6.07, 6.45) is 3.39. The summed E-state index contributed by atoms with van der Waals surface area (Å²) in [5.74, 6) is 0.704. The van der Waals surface area contributed by atoms with Crippen molar-refractivity contribution in [3.8, 4) is 0 Å². The number of aromatic amines is 1. The molecule has 0 amide bonds. The van der Waals surface area contributed by atoms with Gasteiger partial charge in [-0.2, -0.15) is 0 Å². The lowest BCUT2D eigenvalue weighted by Crippen LogP contribution is -2.35. The van der Waals surface area contributed by atoms with Crippen molar-refractivity contribution in [3.63, 3.8) is 0 Å². The van der Waals surface area contributed by atoms with E-state index in [9.17, 15) is 13.2 Å². The number of para-hydroxylation sites is 1. The number of sulfonamides is 1. The molecule has 124 valence electrons. The summed E-state index contributed by atoms with van der Waals surface area (Å²) in [6.45, 7) is 0.703. The highest BCUT2D eigenvalue weighted by Crippen LogP contribution is 2.25. The summed E-state index contributed by atoms with van der Waals surface area (Å²) in [4.78, 5) is 18.8. The third-order valence-electron chi connectivity index (χ3n) is 4.09. The second kappa shape index (κ2) is 6.67. The number of H-pyrrole nitrogens is 1. The molecule has 1 aromatic heterocycles. The van der Waals surface area contributed by atoms with Gasteiger partial charge in [-0.05, 0) is 30.9 Å². The maximum absolute atomic E-state index is 11.9. The van der Waals surface area contributed by atoms with Gasteiger partial charge in [-0.25, -0.2) is 18.1 Å². The van der Waals surface area contributed by atoms with E-state index in [0.29, 0.717) is 23.4 Å². The Balaban J connectivity index is 1.56. The Kier molecular flexibility index (Phi) is 4.63. The van der Waals surface area contributed by atoms with Crippen molar-refractivity contribution < 1.29 is 8.42 Å². The number of benzene rings is 1. The molecule has 0 aliphatic heterocycles. The minimum atomic E-state index is -3.31. The van der Waals surface area contributed by atoms with Crippen molar-refractivity contribution in [3.05, 3.63) is 34.6 Å². The zero-order valence-electron chi connectivity index (χ0n) is 12.7. The average molecular weight is 336 g/mol. The van der Waals surface area contributed by atoms with Crippen molar-refractivity contribution >= 4 is 26.9 Å². The monoisotopic (exact) mass is 336 g/mol. The maximum Gasteiger partial charge on any atom is 0.260 e. The summed E-state index contributed by atoms with van der Waals surface area (Å²) in [7, 11) is -3.31. The Labute approximate surface area is 134 Å². The van der Waals surface area contributed by atoms with Crippen LogP contribution in [0.15, 0.2) is 29.1 Å². The molecule has 1 aliphatic rings. The molecule has 3 rings (SSSR count). The number of anilines is 1. The topological polar surface area (TPSA) is 104 Å². The predicted molar refractivity (Wildman–Crippen MR) is 90.0 cm³/mol. The van der Waals surface area contributed by atoms with E-state index in [1.54, 1.807) is 24.3 Å². The van der Waals surface area contributed by atoms with Gasteiger partial charge >= 0.3 is 0 Å². The standard InChI is InChI=1S/C15H20N4O3S/c20-14-12-6-1-2-7-13(12)18-15(19-14)16-8-9-23(21,22)17-10-11-4-3-5-11/h1-2,6-7,11,17H,3-5,8-10H2,(H2,16,18,19,20). The largest absolute Gasteiger partial charge is 0.355 e. The molecule has 0 bridgehead atoms. The zero-order valence-corrected chi connectivity index (χ0v) is 13.5. The average Bonchev–Trinajstić information content (AvgIpc) is 2.45. The number of aromatic nitrogens is 2. The van der Waals surface area contributed by atoms with E-state index >= 15 is 0 Å². The summed E-state index contributed by atoms with van der Waals surface area (Å²) in [5, 5.41) is 3.37. The van der Waals surface area contributed by atoms with Crippen molar-refractivity contribution in [1.82, 2.24) is 14.7 Å². The van der Waals surface area contributed by atoms with Crippen LogP contribution in [0.4, 0.5) is 5.95 Å². The molecule has 3 N–H and O–H groups in total. The van der Waals surface area contributed by atoms with Gasteiger partial charge in [0.05, 0.1) is 16.7 Å². The minimum absolute atomic E-state index is 0.0593. The van der Waals surface area contributed by atoms with E-state index in [0.717, 1.165) is 12.8 Å². The predicted octanol–water partition coefficient (Wildman–Crippen LogP) is 1.05. The molecular weight excluding hydrogens is 316 g/mol. The third-order valence-corrected chi connectivity index (χ3v) is 5.44. The Bertz CT molecular complexity index is 843. The first-order chi connectivity index (χ1) is 11.0. The first-order valence-corrected chi connectivity index (χ1v) is 9.39. The maximum atomic E-state index is 11.9. The number of hydrogen-bond acceptors (Lipinski definition) is 5. The van der Waals surface area contributed by atoms with Crippen LogP contribution in [-0.2, 0) is 10.0 Å². The van der Waals surface area contributed by atoms with Gasteiger partial charge in [0.1, 0.15) is 0 Å². The molecule has 8 heteroatoms. The Morgan fingerprint density at radius 2 is 2.04 bits per heavy atom. The first-order valence-electron chi connectivity index (χ1n) is 7.74. The molecule has 0 radical (unpaired) electrons. The zero-order chi connectivity index (χ0) is 16.3. The molecule has 0 spiro atoms. The molecule has 0 unspecified atom stereocenters. The number of hydrogen-bond donors (Lipinski definition) is 3. The smallest absolute Gasteiger partial charge is 0.260 e. The molecular formula is C15H20N4O3S. The molecule has 1 heterocycles. The molecule has 23 heavy (non-hydrogen) atoms. The van der Waals surface area contributed by atoms with Gasteiger partial charge in [0.2, 0.25) is 16.0 Å². The van der Waals surface area contributed by atoms with E-state index in [-0.39, 0.29) is 23.8 Å². The number of rotatable bonds is 7. The second-order valence-corrected chi connectivity index (χ2v) is 7.75. The molecule has 1 aliphatic carbocycles. The molecule has 1 saturated carbocycles. The van der Waals surface area contributed by atoms with Gasteiger partial charge in [0.25, 0.3) is 5.56 Å². The van der Waals surface area contributed by atoms with Crippen molar-refractivity contribution in [2.45, 2.75) is 19.3 Å². The van der Waals surface area contributed by atoms with Crippen LogP contribution in [0.2, 0.25) is 0 Å². The highest BCUT2D eigenvalue weighted by Gasteiger charge is 2.20. The van der Waals surface area contributed by atoms with Crippen LogP contribution in [0.3, 0.4) is 0 Å². The highest BCUT2D eigenvalue weighted by molar-refractivity contribution is 7.89. The summed E-state index contributed by atoms with van der Waals surface area (Å²) >= 11 is 0. The molecule has 2 aromatic rings. The molecule has 0 saturated heterocycles. The van der Waals surface area contributed by atoms with Gasteiger partial charge in [0, 0.05) is 13.1 Å². The summed E-state index contributed by atoms with van der Waals surface area (Å²) < 4.78 is 26.4. The van der Waals surface area contributed by atoms with Gasteiger partial charge in [-0.15, -0.1) is 0 Å². The van der Waals surface area contributed by atoms with E-state index in [1.165, 1.54) is 6.42 Å². The normalized spacial score (nSPS) is 15.5. The van der Waals surface area contributed by atoms with Crippen LogP contribution in [0.1, 0.15) is 19.3 Å². The van der Waals surface area contributed by atoms with Gasteiger partial charge in [-0.1, -0.05) is 18.6 Å². The number of nitrogens with zero attached hydrogens (tertiary/aromatic N) is 1. The van der Waals surface area contributed by atoms with Crippen molar-refractivity contribution in [1.29, 1.82) is 0 Å². The molecule has 1 aromatic carbocycles. The van der Waals surface area contributed by atoms with Gasteiger partial charge in [0.15, 0.2) is 0 Å². The third kappa shape index (κ3) is 4.08. The second-order valence-electron chi connectivity index (χ2n) is 5.82. The minimum Gasteiger partial charge on any atom is -0.355 e. The fourth-order valence-electron chi connectivity index (χ4n) is 2.49. The fraction of sp³-hybridized carbons (Fsp3) is 0.467. The van der Waals surface area contributed by atoms with Crippen LogP contribution in [-0.4, -0.2) is 37.2 Å². The van der Waals surface area contributed by atoms with Crippen LogP contribution >= 0.6 is 0 Å². The Hall–Kier alpha value is -1.93. The lowest BCUT2D eigenvalue weighted by molar-refractivity contribution is 0.316. The first kappa shape index (κ1) is 15.9. The van der Waals surface area contributed by atoms with Crippen LogP contribution < -0.4 is 15.6 Å². The van der Waals surface area contributed by atoms with Crippen LogP contribution in [0.25, 0.3) is 10.9 Å².